The summed E-state index contributed by atoms with van der Waals surface area (Å²) in [6.07, 6.45) is 1.70. The van der Waals surface area contributed by atoms with Crippen molar-refractivity contribution < 1.29 is 19.5 Å². The van der Waals surface area contributed by atoms with Crippen LogP contribution in [-0.4, -0.2) is 29.4 Å². The van der Waals surface area contributed by atoms with Gasteiger partial charge >= 0.3 is 5.97 Å². The Morgan fingerprint density at radius 2 is 1.85 bits per heavy atom. The molecule has 6 heteroatoms. The Balaban J connectivity index is 1.55. The largest absolute Gasteiger partial charge is 0.481 e. The van der Waals surface area contributed by atoms with E-state index in [1.165, 1.54) is 0 Å². The first kappa shape index (κ1) is 17.3. The first-order valence-electron chi connectivity index (χ1n) is 9.07. The van der Waals surface area contributed by atoms with Crippen molar-refractivity contribution in [3.05, 3.63) is 65.2 Å². The third-order valence-corrected chi connectivity index (χ3v) is 5.32. The number of rotatable bonds is 4. The Hall–Kier alpha value is -3.15. The maximum absolute atomic E-state index is 12.8. The second-order valence-electron chi connectivity index (χ2n) is 6.98. The van der Waals surface area contributed by atoms with Crippen LogP contribution in [0.2, 0.25) is 0 Å². The van der Waals surface area contributed by atoms with Crippen molar-refractivity contribution in [1.82, 2.24) is 5.32 Å². The lowest BCUT2D eigenvalue weighted by Gasteiger charge is -2.18. The van der Waals surface area contributed by atoms with Crippen LogP contribution in [-0.2, 0) is 9.59 Å². The van der Waals surface area contributed by atoms with E-state index in [1.54, 1.807) is 29.2 Å². The van der Waals surface area contributed by atoms with Crippen LogP contribution < -0.4 is 10.2 Å². The molecule has 1 fully saturated rings. The molecule has 0 radical (unpaired) electrons. The van der Waals surface area contributed by atoms with E-state index >= 15 is 0 Å². The molecule has 0 saturated carbocycles. The van der Waals surface area contributed by atoms with Crippen molar-refractivity contribution in [2.24, 2.45) is 0 Å². The molecule has 4 rings (SSSR count). The fourth-order valence-electron chi connectivity index (χ4n) is 3.98. The van der Waals surface area contributed by atoms with Crippen LogP contribution in [0, 0.1) is 0 Å². The molecule has 1 aliphatic carbocycles. The highest BCUT2D eigenvalue weighted by atomic mass is 16.4. The van der Waals surface area contributed by atoms with Crippen molar-refractivity contribution in [1.29, 1.82) is 0 Å². The molecule has 2 aromatic carbocycles. The maximum atomic E-state index is 12.8. The monoisotopic (exact) mass is 364 g/mol. The normalized spacial score (nSPS) is 21.2. The summed E-state index contributed by atoms with van der Waals surface area (Å²) >= 11 is 0. The molecular formula is C21H20N2O4. The number of amides is 2. The number of carbonyl (C=O) groups is 3. The molecule has 2 aliphatic rings. The number of aliphatic carboxylic acids is 1. The lowest BCUT2D eigenvalue weighted by atomic mass is 10.0. The molecule has 1 saturated heterocycles. The zero-order chi connectivity index (χ0) is 19.0. The van der Waals surface area contributed by atoms with Gasteiger partial charge in [-0.25, -0.2) is 0 Å². The van der Waals surface area contributed by atoms with Crippen molar-refractivity contribution in [2.75, 3.05) is 11.4 Å². The van der Waals surface area contributed by atoms with Gasteiger partial charge in [-0.05, 0) is 42.2 Å². The standard InChI is InChI=1S/C21H20N2O4/c24-19-9-4-10-23(19)14-6-3-5-13(11-14)20(25)22-18-12-17(21(26)27)15-7-1-2-8-16(15)18/h1-3,5-8,11,17-18H,4,9-10,12H2,(H,22,25)(H,26,27). The number of fused-ring (bicyclic) bond motifs is 1. The quantitative estimate of drug-likeness (QED) is 0.873. The molecule has 0 aromatic heterocycles. The number of hydrogen-bond acceptors (Lipinski definition) is 3. The van der Waals surface area contributed by atoms with Crippen LogP contribution in [0.4, 0.5) is 5.69 Å². The summed E-state index contributed by atoms with van der Waals surface area (Å²) in [7, 11) is 0. The van der Waals surface area contributed by atoms with Crippen LogP contribution in [0.5, 0.6) is 0 Å². The third kappa shape index (κ3) is 3.18. The van der Waals surface area contributed by atoms with Gasteiger partial charge in [0.05, 0.1) is 12.0 Å². The van der Waals surface area contributed by atoms with E-state index < -0.39 is 11.9 Å². The molecule has 2 atom stereocenters. The summed E-state index contributed by atoms with van der Waals surface area (Å²) in [5, 5.41) is 12.4. The van der Waals surface area contributed by atoms with E-state index in [4.69, 9.17) is 0 Å². The molecule has 27 heavy (non-hydrogen) atoms. The smallest absolute Gasteiger partial charge is 0.311 e. The van der Waals surface area contributed by atoms with Crippen LogP contribution in [0.25, 0.3) is 0 Å². The molecule has 0 bridgehead atoms. The van der Waals surface area contributed by atoms with Gasteiger partial charge in [0.2, 0.25) is 5.91 Å². The Morgan fingerprint density at radius 1 is 1.07 bits per heavy atom. The summed E-state index contributed by atoms with van der Waals surface area (Å²) in [6, 6.07) is 14.0. The summed E-state index contributed by atoms with van der Waals surface area (Å²) in [6.45, 7) is 0.667. The first-order valence-corrected chi connectivity index (χ1v) is 9.07. The fraction of sp³-hybridized carbons (Fsp3) is 0.286. The molecule has 2 unspecified atom stereocenters. The molecule has 2 amide bonds. The van der Waals surface area contributed by atoms with Gasteiger partial charge in [0.1, 0.15) is 0 Å². The number of nitrogens with zero attached hydrogens (tertiary/aromatic N) is 1. The number of nitrogens with one attached hydrogen (secondary N) is 1. The molecule has 6 nitrogen and oxygen atoms in total. The average Bonchev–Trinajstić information content (AvgIpc) is 3.26. The van der Waals surface area contributed by atoms with E-state index in [-0.39, 0.29) is 17.9 Å². The molecule has 1 aliphatic heterocycles. The minimum atomic E-state index is -0.881. The molecular weight excluding hydrogens is 344 g/mol. The predicted molar refractivity (Wildman–Crippen MR) is 99.7 cm³/mol. The topological polar surface area (TPSA) is 86.7 Å². The number of anilines is 1. The molecule has 0 spiro atoms. The van der Waals surface area contributed by atoms with Gasteiger partial charge in [-0.3, -0.25) is 14.4 Å². The van der Waals surface area contributed by atoms with Gasteiger partial charge in [0.25, 0.3) is 5.91 Å². The molecule has 2 N–H and O–H groups in total. The Bertz CT molecular complexity index is 924. The average molecular weight is 364 g/mol. The summed E-state index contributed by atoms with van der Waals surface area (Å²) < 4.78 is 0. The Morgan fingerprint density at radius 3 is 2.56 bits per heavy atom. The summed E-state index contributed by atoms with van der Waals surface area (Å²) in [5.41, 5.74) is 2.79. The zero-order valence-electron chi connectivity index (χ0n) is 14.7. The highest BCUT2D eigenvalue weighted by molar-refractivity contribution is 5.99. The van der Waals surface area contributed by atoms with Crippen molar-refractivity contribution in [3.8, 4) is 0 Å². The highest BCUT2D eigenvalue weighted by Crippen LogP contribution is 2.40. The molecule has 138 valence electrons. The van der Waals surface area contributed by atoms with E-state index in [9.17, 15) is 19.5 Å². The lowest BCUT2D eigenvalue weighted by Crippen LogP contribution is -2.28. The van der Waals surface area contributed by atoms with E-state index in [2.05, 4.69) is 5.32 Å². The van der Waals surface area contributed by atoms with Crippen LogP contribution in [0.1, 0.15) is 52.7 Å². The fourth-order valence-corrected chi connectivity index (χ4v) is 3.98. The molecule has 1 heterocycles. The van der Waals surface area contributed by atoms with Crippen LogP contribution in [0.3, 0.4) is 0 Å². The maximum Gasteiger partial charge on any atom is 0.311 e. The van der Waals surface area contributed by atoms with Crippen LogP contribution in [0.15, 0.2) is 48.5 Å². The van der Waals surface area contributed by atoms with Crippen molar-refractivity contribution in [3.63, 3.8) is 0 Å². The third-order valence-electron chi connectivity index (χ3n) is 5.32. The van der Waals surface area contributed by atoms with Gasteiger partial charge < -0.3 is 15.3 Å². The number of carboxylic acids is 1. The SMILES string of the molecule is O=C(NC1CC(C(=O)O)c2ccccc21)c1cccc(N2CCCC2=O)c1. The zero-order valence-corrected chi connectivity index (χ0v) is 14.7. The van der Waals surface area contributed by atoms with Gasteiger partial charge in [-0.1, -0.05) is 30.3 Å². The van der Waals surface area contributed by atoms with Crippen molar-refractivity contribution in [2.45, 2.75) is 31.2 Å². The number of carboxylic acid groups (broad SMARTS) is 1. The number of hydrogen-bond donors (Lipinski definition) is 2. The van der Waals surface area contributed by atoms with E-state index in [0.717, 1.165) is 23.2 Å². The van der Waals surface area contributed by atoms with Gasteiger partial charge in [-0.2, -0.15) is 0 Å². The van der Waals surface area contributed by atoms with Gasteiger partial charge in [0.15, 0.2) is 0 Å². The second kappa shape index (κ2) is 6.87. The first-order chi connectivity index (χ1) is 13.0. The number of benzene rings is 2. The van der Waals surface area contributed by atoms with Crippen molar-refractivity contribution >= 4 is 23.5 Å². The predicted octanol–water partition coefficient (Wildman–Crippen LogP) is 2.86. The minimum absolute atomic E-state index is 0.0709. The van der Waals surface area contributed by atoms with Gasteiger partial charge in [-0.15, -0.1) is 0 Å². The Kier molecular flexibility index (Phi) is 4.39. The summed E-state index contributed by atoms with van der Waals surface area (Å²) in [4.78, 5) is 37.9. The Labute approximate surface area is 156 Å². The second-order valence-corrected chi connectivity index (χ2v) is 6.98. The van der Waals surface area contributed by atoms with Gasteiger partial charge in [0, 0.05) is 24.2 Å². The highest BCUT2D eigenvalue weighted by Gasteiger charge is 2.36. The summed E-state index contributed by atoms with van der Waals surface area (Å²) in [5.74, 6) is -1.69. The lowest BCUT2D eigenvalue weighted by molar-refractivity contribution is -0.138. The van der Waals surface area contributed by atoms with Crippen LogP contribution >= 0.6 is 0 Å². The molecule has 2 aromatic rings. The van der Waals surface area contributed by atoms with E-state index in [0.29, 0.717) is 24.9 Å². The number of carbonyl (C=O) groups excluding carboxylic acids is 2. The minimum Gasteiger partial charge on any atom is -0.481 e. The van der Waals surface area contributed by atoms with E-state index in [1.807, 2.05) is 24.3 Å².